The molecule has 2 fully saturated rings. The van der Waals surface area contributed by atoms with Crippen molar-refractivity contribution in [1.82, 2.24) is 10.2 Å². The lowest BCUT2D eigenvalue weighted by atomic mass is 9.88. The summed E-state index contributed by atoms with van der Waals surface area (Å²) in [7, 11) is -4.02. The number of carbonyl (C=O) groups excluding carboxylic acids is 1. The Morgan fingerprint density at radius 3 is 2.41 bits per heavy atom. The first-order valence-corrected chi connectivity index (χ1v) is 13.8. The van der Waals surface area contributed by atoms with Crippen molar-refractivity contribution in [2.45, 2.75) is 62.9 Å². The Morgan fingerprint density at radius 2 is 1.84 bits per heavy atom. The molecule has 2 aliphatic rings. The Hall–Kier alpha value is -2.97. The van der Waals surface area contributed by atoms with Crippen molar-refractivity contribution in [1.29, 1.82) is 5.26 Å². The third kappa shape index (κ3) is 7.29. The molecule has 0 bridgehead atoms. The molecule has 0 spiro atoms. The van der Waals surface area contributed by atoms with Gasteiger partial charge in [0.05, 0.1) is 23.6 Å². The summed E-state index contributed by atoms with van der Waals surface area (Å²) in [5.74, 6) is 1.11. The smallest absolute Gasteiger partial charge is 0.294 e. The summed E-state index contributed by atoms with van der Waals surface area (Å²) in [5, 5.41) is 21.5. The van der Waals surface area contributed by atoms with E-state index in [0.29, 0.717) is 6.54 Å². The molecule has 37 heavy (non-hydrogen) atoms. The van der Waals surface area contributed by atoms with Gasteiger partial charge in [-0.25, -0.2) is 0 Å². The zero-order valence-corrected chi connectivity index (χ0v) is 22.3. The zero-order valence-electron chi connectivity index (χ0n) is 21.5. The van der Waals surface area contributed by atoms with Gasteiger partial charge in [0.15, 0.2) is 0 Å². The molecular weight excluding hydrogens is 494 g/mol. The van der Waals surface area contributed by atoms with E-state index in [2.05, 4.69) is 25.2 Å². The summed E-state index contributed by atoms with van der Waals surface area (Å²) in [6.45, 7) is 7.71. The number of likely N-dealkylation sites (tertiary alicyclic amines) is 1. The van der Waals surface area contributed by atoms with Crippen LogP contribution in [0.3, 0.4) is 0 Å². The van der Waals surface area contributed by atoms with E-state index >= 15 is 0 Å². The Kier molecular flexibility index (Phi) is 9.68. The van der Waals surface area contributed by atoms with Gasteiger partial charge in [0.1, 0.15) is 18.4 Å². The number of hydrogen-bond donors (Lipinski definition) is 3. The Balaban J connectivity index is 0.000000289. The standard InChI is InChI=1S/C20H27N3O3.C7H8O3S/c1-13-8-17(26-7-6-24)9-14(2)19(13)15-10-18(22-12-15)20(25)23-5-3-4-16(23)11-21;1-6-2-4-7(5-3-6)11(8,9)10/h8-9,15-16,18,22,24H,3-7,10,12H2,1-2H3;2-5H,1H3,(H,8,9,10)/t15-,16-,18-;/m0./s1. The first kappa shape index (κ1) is 28.6. The quantitative estimate of drug-likeness (QED) is 0.486. The van der Waals surface area contributed by atoms with Crippen LogP contribution in [0, 0.1) is 32.1 Å². The number of aliphatic hydroxyl groups excluding tert-OH is 1. The molecule has 0 aliphatic carbocycles. The molecule has 0 radical (unpaired) electrons. The van der Waals surface area contributed by atoms with E-state index in [-0.39, 0.29) is 42.0 Å². The van der Waals surface area contributed by atoms with E-state index in [1.807, 2.05) is 19.1 Å². The number of aliphatic hydroxyl groups is 1. The third-order valence-electron chi connectivity index (χ3n) is 6.77. The normalized spacial score (nSPS) is 21.2. The maximum atomic E-state index is 12.8. The van der Waals surface area contributed by atoms with Crippen LogP contribution in [-0.2, 0) is 14.9 Å². The van der Waals surface area contributed by atoms with Crippen LogP contribution in [0.2, 0.25) is 0 Å². The van der Waals surface area contributed by atoms with E-state index in [0.717, 1.165) is 48.2 Å². The van der Waals surface area contributed by atoms with Crippen LogP contribution in [0.5, 0.6) is 5.75 Å². The van der Waals surface area contributed by atoms with Gasteiger partial charge in [-0.05, 0) is 86.9 Å². The van der Waals surface area contributed by atoms with Crippen LogP contribution in [0.15, 0.2) is 41.3 Å². The molecule has 10 heteroatoms. The average molecular weight is 530 g/mol. The largest absolute Gasteiger partial charge is 0.491 e. The number of amides is 1. The topological polar surface area (TPSA) is 140 Å². The van der Waals surface area contributed by atoms with Crippen molar-refractivity contribution >= 4 is 16.0 Å². The fourth-order valence-corrected chi connectivity index (χ4v) is 5.52. The molecule has 2 aliphatic heterocycles. The molecular formula is C27H35N3O6S. The van der Waals surface area contributed by atoms with Gasteiger partial charge in [0, 0.05) is 13.1 Å². The number of aryl methyl sites for hydroxylation is 3. The molecule has 1 amide bonds. The van der Waals surface area contributed by atoms with Crippen LogP contribution in [-0.4, -0.2) is 67.3 Å². The van der Waals surface area contributed by atoms with Crippen LogP contribution >= 0.6 is 0 Å². The minimum absolute atomic E-state index is 0.00360. The molecule has 2 aromatic carbocycles. The minimum Gasteiger partial charge on any atom is -0.491 e. The number of benzene rings is 2. The molecule has 0 saturated carbocycles. The molecule has 4 rings (SSSR count). The summed E-state index contributed by atoms with van der Waals surface area (Å²) >= 11 is 0. The van der Waals surface area contributed by atoms with Gasteiger partial charge in [0.2, 0.25) is 5.91 Å². The Morgan fingerprint density at radius 1 is 1.19 bits per heavy atom. The monoisotopic (exact) mass is 529 g/mol. The number of nitriles is 1. The maximum absolute atomic E-state index is 12.8. The SMILES string of the molecule is Cc1cc(OCCO)cc(C)c1[C@@H]1CN[C@H](C(=O)N2CCC[C@H]2C#N)C1.Cc1ccc(S(=O)(=O)O)cc1. The number of nitrogens with one attached hydrogen (secondary N) is 1. The fraction of sp³-hybridized carbons (Fsp3) is 0.481. The van der Waals surface area contributed by atoms with Crippen molar-refractivity contribution in [3.8, 4) is 11.8 Å². The fourth-order valence-electron chi connectivity index (χ4n) is 5.04. The minimum atomic E-state index is -4.02. The summed E-state index contributed by atoms with van der Waals surface area (Å²) in [5.41, 5.74) is 4.52. The highest BCUT2D eigenvalue weighted by Gasteiger charge is 2.38. The Bertz CT molecular complexity index is 1220. The van der Waals surface area contributed by atoms with Gasteiger partial charge in [-0.1, -0.05) is 17.7 Å². The van der Waals surface area contributed by atoms with Crippen LogP contribution in [0.1, 0.15) is 47.4 Å². The molecule has 2 aromatic rings. The lowest BCUT2D eigenvalue weighted by Gasteiger charge is -2.23. The molecule has 200 valence electrons. The van der Waals surface area contributed by atoms with Crippen LogP contribution in [0.25, 0.3) is 0 Å². The molecule has 3 N–H and O–H groups in total. The average Bonchev–Trinajstić information content (AvgIpc) is 3.52. The second-order valence-corrected chi connectivity index (χ2v) is 11.0. The van der Waals surface area contributed by atoms with Gasteiger partial charge in [0.25, 0.3) is 10.1 Å². The second kappa shape index (κ2) is 12.5. The molecule has 3 atom stereocenters. The summed E-state index contributed by atoms with van der Waals surface area (Å²) < 4.78 is 35.1. The lowest BCUT2D eigenvalue weighted by molar-refractivity contribution is -0.133. The molecule has 2 saturated heterocycles. The van der Waals surface area contributed by atoms with Gasteiger partial charge in [-0.2, -0.15) is 13.7 Å². The second-order valence-electron chi connectivity index (χ2n) is 9.54. The number of nitrogens with zero attached hydrogens (tertiary/aromatic N) is 2. The predicted molar refractivity (Wildman–Crippen MR) is 139 cm³/mol. The number of hydrogen-bond acceptors (Lipinski definition) is 7. The first-order valence-electron chi connectivity index (χ1n) is 12.4. The summed E-state index contributed by atoms with van der Waals surface area (Å²) in [6, 6.07) is 11.8. The number of carbonyl (C=O) groups is 1. The molecule has 0 aromatic heterocycles. The van der Waals surface area contributed by atoms with Crippen LogP contribution in [0.4, 0.5) is 0 Å². The van der Waals surface area contributed by atoms with Crippen molar-refractivity contribution < 1.29 is 27.6 Å². The van der Waals surface area contributed by atoms with Crippen molar-refractivity contribution in [2.75, 3.05) is 26.3 Å². The summed E-state index contributed by atoms with van der Waals surface area (Å²) in [6.07, 6.45) is 2.45. The summed E-state index contributed by atoms with van der Waals surface area (Å²) in [4.78, 5) is 14.5. The van der Waals surface area contributed by atoms with Gasteiger partial charge in [-0.3, -0.25) is 9.35 Å². The van der Waals surface area contributed by atoms with Crippen molar-refractivity contribution in [3.05, 3.63) is 58.7 Å². The maximum Gasteiger partial charge on any atom is 0.294 e. The highest BCUT2D eigenvalue weighted by molar-refractivity contribution is 7.85. The predicted octanol–water partition coefficient (Wildman–Crippen LogP) is 2.88. The van der Waals surface area contributed by atoms with Crippen molar-refractivity contribution in [2.24, 2.45) is 0 Å². The molecule has 0 unspecified atom stereocenters. The molecule has 2 heterocycles. The highest BCUT2D eigenvalue weighted by atomic mass is 32.2. The van der Waals surface area contributed by atoms with Crippen molar-refractivity contribution in [3.63, 3.8) is 0 Å². The van der Waals surface area contributed by atoms with Gasteiger partial charge >= 0.3 is 0 Å². The zero-order chi connectivity index (χ0) is 27.2. The number of ether oxygens (including phenoxy) is 1. The highest BCUT2D eigenvalue weighted by Crippen LogP contribution is 2.34. The van der Waals surface area contributed by atoms with E-state index < -0.39 is 10.1 Å². The number of rotatable bonds is 6. The van der Waals surface area contributed by atoms with E-state index in [1.54, 1.807) is 17.0 Å². The van der Waals surface area contributed by atoms with E-state index in [9.17, 15) is 18.5 Å². The van der Waals surface area contributed by atoms with Gasteiger partial charge in [-0.15, -0.1) is 0 Å². The third-order valence-corrected chi connectivity index (χ3v) is 7.64. The Labute approximate surface area is 218 Å². The van der Waals surface area contributed by atoms with Gasteiger partial charge < -0.3 is 20.1 Å². The van der Waals surface area contributed by atoms with Crippen LogP contribution < -0.4 is 10.1 Å². The molecule has 9 nitrogen and oxygen atoms in total. The lowest BCUT2D eigenvalue weighted by Crippen LogP contribution is -2.45. The van der Waals surface area contributed by atoms with E-state index in [4.69, 9.17) is 14.4 Å². The first-order chi connectivity index (χ1) is 17.5. The van der Waals surface area contributed by atoms with E-state index in [1.165, 1.54) is 17.7 Å².